The molecule has 0 spiro atoms. The lowest BCUT2D eigenvalue weighted by molar-refractivity contribution is 0.0222. The number of benzene rings is 2. The molecular formula is C36H58O10. The van der Waals surface area contributed by atoms with Crippen molar-refractivity contribution in [3.63, 3.8) is 0 Å². The van der Waals surface area contributed by atoms with Gasteiger partial charge in [0.05, 0.1) is 50.8 Å². The second-order valence-electron chi connectivity index (χ2n) is 15.1. The fraction of sp³-hybridized carbons (Fsp3) is 0.611. The summed E-state index contributed by atoms with van der Waals surface area (Å²) >= 11 is 0. The van der Waals surface area contributed by atoms with Crippen LogP contribution in [0.4, 0.5) is 0 Å². The predicted molar refractivity (Wildman–Crippen MR) is 181 cm³/mol. The van der Waals surface area contributed by atoms with Gasteiger partial charge in [-0.05, 0) is 45.9 Å². The number of hydrogen-bond acceptors (Lipinski definition) is 8. The number of aromatic carboxylic acids is 2. The quantitative estimate of drug-likeness (QED) is 0.167. The van der Waals surface area contributed by atoms with E-state index in [9.17, 15) is 30.0 Å². The van der Waals surface area contributed by atoms with Crippen LogP contribution in [0.1, 0.15) is 126 Å². The number of carboxylic acid groups (broad SMARTS) is 2. The van der Waals surface area contributed by atoms with Crippen LogP contribution >= 0.6 is 0 Å². The number of aromatic hydroxyl groups is 2. The summed E-state index contributed by atoms with van der Waals surface area (Å²) in [4.78, 5) is 22.4. The van der Waals surface area contributed by atoms with E-state index in [4.69, 9.17) is 19.7 Å². The molecule has 10 heteroatoms. The van der Waals surface area contributed by atoms with Crippen molar-refractivity contribution in [2.45, 2.75) is 105 Å². The molecule has 262 valence electrons. The molecule has 2 aromatic carbocycles. The van der Waals surface area contributed by atoms with E-state index in [1.165, 1.54) is 0 Å². The number of carbonyl (C=O) groups is 2. The summed E-state index contributed by atoms with van der Waals surface area (Å²) in [7, 11) is 0. The lowest BCUT2D eigenvalue weighted by Gasteiger charge is -2.27. The topological polar surface area (TPSA) is 174 Å². The maximum absolute atomic E-state index is 11.2. The highest BCUT2D eigenvalue weighted by atomic mass is 16.5. The van der Waals surface area contributed by atoms with Crippen molar-refractivity contribution in [2.75, 3.05) is 39.6 Å². The Balaban J connectivity index is 0.000000691. The molecule has 0 unspecified atom stereocenters. The summed E-state index contributed by atoms with van der Waals surface area (Å²) in [5.74, 6) is -1.52. The number of rotatable bonds is 9. The summed E-state index contributed by atoms with van der Waals surface area (Å²) in [6.07, 6.45) is 0. The zero-order valence-corrected chi connectivity index (χ0v) is 29.9. The molecule has 0 aliphatic heterocycles. The Bertz CT molecular complexity index is 1100. The van der Waals surface area contributed by atoms with Crippen molar-refractivity contribution < 1.29 is 49.7 Å². The van der Waals surface area contributed by atoms with E-state index in [2.05, 4.69) is 0 Å². The minimum Gasteiger partial charge on any atom is -0.507 e. The van der Waals surface area contributed by atoms with E-state index >= 15 is 0 Å². The molecular weight excluding hydrogens is 592 g/mol. The smallest absolute Gasteiger partial charge is 0.335 e. The number of aliphatic hydroxyl groups is 2. The Labute approximate surface area is 275 Å². The summed E-state index contributed by atoms with van der Waals surface area (Å²) in [5, 5.41) is 55.6. The molecule has 6 N–H and O–H groups in total. The van der Waals surface area contributed by atoms with E-state index in [1.54, 1.807) is 24.3 Å². The standard InChI is InChI=1S/2C15H22O3.C6H14O4/c2*1-14(2,3)10-7-9(13(17)18)8-11(12(10)16)15(4,5)6;7-1-3-9-5-6-10-4-2-8/h2*7-8,16H,1-6H3,(H,17,18);7-8H,1-6H2. The normalized spacial score (nSPS) is 12.0. The molecule has 0 saturated heterocycles. The fourth-order valence-corrected chi connectivity index (χ4v) is 4.25. The first-order valence-corrected chi connectivity index (χ1v) is 15.4. The third-order valence-electron chi connectivity index (χ3n) is 6.79. The maximum atomic E-state index is 11.2. The van der Waals surface area contributed by atoms with Crippen molar-refractivity contribution in [2.24, 2.45) is 0 Å². The predicted octanol–water partition coefficient (Wildman–Crippen LogP) is 6.38. The van der Waals surface area contributed by atoms with Crippen LogP contribution in [-0.2, 0) is 31.1 Å². The van der Waals surface area contributed by atoms with Crippen molar-refractivity contribution in [1.29, 1.82) is 0 Å². The Morgan fingerprint density at radius 2 is 0.717 bits per heavy atom. The third-order valence-corrected chi connectivity index (χ3v) is 6.79. The van der Waals surface area contributed by atoms with Gasteiger partial charge in [-0.15, -0.1) is 0 Å². The van der Waals surface area contributed by atoms with Gasteiger partial charge in [0.25, 0.3) is 0 Å². The second kappa shape index (κ2) is 17.7. The minimum atomic E-state index is -0.967. The fourth-order valence-electron chi connectivity index (χ4n) is 4.25. The number of ether oxygens (including phenoxy) is 2. The monoisotopic (exact) mass is 650 g/mol. The average molecular weight is 651 g/mol. The minimum absolute atomic E-state index is 0.0417. The molecule has 0 aliphatic carbocycles. The second-order valence-corrected chi connectivity index (χ2v) is 15.1. The zero-order valence-electron chi connectivity index (χ0n) is 29.9. The van der Waals surface area contributed by atoms with Crippen LogP contribution in [-0.4, -0.2) is 82.2 Å². The van der Waals surface area contributed by atoms with Crippen LogP contribution in [0, 0.1) is 0 Å². The Morgan fingerprint density at radius 1 is 0.500 bits per heavy atom. The van der Waals surface area contributed by atoms with Crippen molar-refractivity contribution >= 4 is 11.9 Å². The molecule has 0 aliphatic rings. The SMILES string of the molecule is CC(C)(C)c1cc(C(=O)O)cc(C(C)(C)C)c1O.CC(C)(C)c1cc(C(=O)O)cc(C(C)(C)C)c1O.OCCOCCOCCO. The molecule has 46 heavy (non-hydrogen) atoms. The first-order valence-electron chi connectivity index (χ1n) is 15.4. The molecule has 0 amide bonds. The largest absolute Gasteiger partial charge is 0.507 e. The van der Waals surface area contributed by atoms with E-state index in [-0.39, 0.29) is 57.5 Å². The lowest BCUT2D eigenvalue weighted by Crippen LogP contribution is -2.18. The van der Waals surface area contributed by atoms with Gasteiger partial charge < -0.3 is 40.1 Å². The van der Waals surface area contributed by atoms with Gasteiger partial charge in [0.1, 0.15) is 11.5 Å². The van der Waals surface area contributed by atoms with Crippen LogP contribution in [0.15, 0.2) is 24.3 Å². The number of phenols is 2. The molecule has 0 atom stereocenters. The highest BCUT2D eigenvalue weighted by molar-refractivity contribution is 5.89. The highest BCUT2D eigenvalue weighted by Gasteiger charge is 2.29. The molecule has 0 bridgehead atoms. The number of aliphatic hydroxyl groups excluding tert-OH is 2. The van der Waals surface area contributed by atoms with Gasteiger partial charge in [0, 0.05) is 22.3 Å². The molecule has 0 saturated carbocycles. The Morgan fingerprint density at radius 3 is 0.870 bits per heavy atom. The van der Waals surface area contributed by atoms with Gasteiger partial charge in [-0.2, -0.15) is 0 Å². The lowest BCUT2D eigenvalue weighted by atomic mass is 9.78. The summed E-state index contributed by atoms with van der Waals surface area (Å²) in [5.41, 5.74) is 1.96. The number of carboxylic acids is 2. The van der Waals surface area contributed by atoms with Gasteiger partial charge >= 0.3 is 11.9 Å². The van der Waals surface area contributed by atoms with Crippen LogP contribution in [0.25, 0.3) is 0 Å². The van der Waals surface area contributed by atoms with Gasteiger partial charge in [0.2, 0.25) is 0 Å². The molecule has 2 aromatic rings. The van der Waals surface area contributed by atoms with E-state index < -0.39 is 11.9 Å². The molecule has 0 radical (unpaired) electrons. The van der Waals surface area contributed by atoms with Crippen molar-refractivity contribution in [3.8, 4) is 11.5 Å². The Kier molecular flexibility index (Phi) is 16.4. The number of phenolic OH excluding ortho intramolecular Hbond substituents is 2. The van der Waals surface area contributed by atoms with Crippen LogP contribution in [0.2, 0.25) is 0 Å². The molecule has 0 aromatic heterocycles. The maximum Gasteiger partial charge on any atom is 0.335 e. The third kappa shape index (κ3) is 14.1. The van der Waals surface area contributed by atoms with Crippen LogP contribution < -0.4 is 0 Å². The molecule has 2 rings (SSSR count). The first kappa shape index (κ1) is 42.8. The van der Waals surface area contributed by atoms with Crippen LogP contribution in [0.5, 0.6) is 11.5 Å². The van der Waals surface area contributed by atoms with Gasteiger partial charge in [0.15, 0.2) is 0 Å². The number of hydrogen-bond donors (Lipinski definition) is 6. The van der Waals surface area contributed by atoms with E-state index in [1.807, 2.05) is 83.1 Å². The molecule has 10 nitrogen and oxygen atoms in total. The van der Waals surface area contributed by atoms with Gasteiger partial charge in [-0.3, -0.25) is 0 Å². The van der Waals surface area contributed by atoms with Crippen LogP contribution in [0.3, 0.4) is 0 Å². The summed E-state index contributed by atoms with van der Waals surface area (Å²) in [6, 6.07) is 6.25. The molecule has 0 fully saturated rings. The first-order chi connectivity index (χ1) is 20.8. The van der Waals surface area contributed by atoms with Crippen molar-refractivity contribution in [1.82, 2.24) is 0 Å². The van der Waals surface area contributed by atoms with Gasteiger partial charge in [-0.1, -0.05) is 83.1 Å². The summed E-state index contributed by atoms with van der Waals surface area (Å²) < 4.78 is 9.75. The van der Waals surface area contributed by atoms with Crippen molar-refractivity contribution in [3.05, 3.63) is 57.6 Å². The summed E-state index contributed by atoms with van der Waals surface area (Å²) in [6.45, 7) is 25.2. The van der Waals surface area contributed by atoms with Gasteiger partial charge in [-0.25, -0.2) is 9.59 Å². The Hall–Kier alpha value is -3.18. The highest BCUT2D eigenvalue weighted by Crippen LogP contribution is 2.41. The zero-order chi connectivity index (χ0) is 36.3. The molecule has 0 heterocycles. The van der Waals surface area contributed by atoms with E-state index in [0.717, 1.165) is 0 Å². The van der Waals surface area contributed by atoms with E-state index in [0.29, 0.717) is 48.7 Å². The average Bonchev–Trinajstić information content (AvgIpc) is 2.88.